The van der Waals surface area contributed by atoms with E-state index in [0.29, 0.717) is 27.3 Å². The predicted molar refractivity (Wildman–Crippen MR) is 76.1 cm³/mol. The van der Waals surface area contributed by atoms with Crippen LogP contribution in [0.1, 0.15) is 27.0 Å². The van der Waals surface area contributed by atoms with Crippen molar-refractivity contribution in [1.82, 2.24) is 0 Å². The summed E-state index contributed by atoms with van der Waals surface area (Å²) in [6.07, 6.45) is 0. The second-order valence-electron chi connectivity index (χ2n) is 4.59. The molecular formula is C16H13ClO3. The number of ketones is 1. The highest BCUT2D eigenvalue weighted by Crippen LogP contribution is 2.43. The van der Waals surface area contributed by atoms with E-state index in [1.165, 1.54) is 0 Å². The number of hydrogen-bond acceptors (Lipinski definition) is 3. The van der Waals surface area contributed by atoms with Crippen LogP contribution in [0.25, 0.3) is 0 Å². The summed E-state index contributed by atoms with van der Waals surface area (Å²) in [5.41, 5.74) is 2.48. The van der Waals surface area contributed by atoms with E-state index in [9.17, 15) is 4.79 Å². The highest BCUT2D eigenvalue weighted by molar-refractivity contribution is 6.31. The molecule has 0 amide bonds. The van der Waals surface area contributed by atoms with Crippen LogP contribution in [0.4, 0.5) is 0 Å². The Morgan fingerprint density at radius 1 is 0.950 bits per heavy atom. The first-order valence-electron chi connectivity index (χ1n) is 6.18. The summed E-state index contributed by atoms with van der Waals surface area (Å²) in [4.78, 5) is 12.6. The van der Waals surface area contributed by atoms with Gasteiger partial charge in [0.05, 0.1) is 0 Å². The number of fused-ring (bicyclic) bond motifs is 2. The molecule has 2 aromatic carbocycles. The smallest absolute Gasteiger partial charge is 0.223 e. The molecule has 0 atom stereocenters. The summed E-state index contributed by atoms with van der Waals surface area (Å²) >= 11 is 6.01. The maximum Gasteiger partial charge on any atom is 0.223 e. The van der Waals surface area contributed by atoms with E-state index in [-0.39, 0.29) is 5.78 Å². The molecule has 3 nitrogen and oxygen atoms in total. The third kappa shape index (κ3) is 1.64. The van der Waals surface area contributed by atoms with Gasteiger partial charge in [0.1, 0.15) is 0 Å². The molecule has 0 aliphatic heterocycles. The topological polar surface area (TPSA) is 35.5 Å². The molecule has 0 bridgehead atoms. The fourth-order valence-electron chi connectivity index (χ4n) is 2.77. The maximum absolute atomic E-state index is 12.6. The molecule has 0 N–H and O–H groups in total. The van der Waals surface area contributed by atoms with Gasteiger partial charge in [-0.15, -0.1) is 0 Å². The minimum Gasteiger partial charge on any atom is -0.346 e. The Morgan fingerprint density at radius 2 is 1.60 bits per heavy atom. The van der Waals surface area contributed by atoms with Crippen LogP contribution in [0.15, 0.2) is 42.5 Å². The highest BCUT2D eigenvalue weighted by atomic mass is 35.5. The second kappa shape index (κ2) is 4.70. The van der Waals surface area contributed by atoms with Crippen molar-refractivity contribution in [2.75, 3.05) is 14.2 Å². The Labute approximate surface area is 122 Å². The van der Waals surface area contributed by atoms with Gasteiger partial charge in [0.2, 0.25) is 5.79 Å². The lowest BCUT2D eigenvalue weighted by atomic mass is 9.80. The summed E-state index contributed by atoms with van der Waals surface area (Å²) in [6, 6.07) is 12.5. The molecule has 0 saturated carbocycles. The number of methoxy groups -OCH3 is 2. The molecule has 0 spiro atoms. The molecule has 0 radical (unpaired) electrons. The van der Waals surface area contributed by atoms with Gasteiger partial charge in [0.15, 0.2) is 5.78 Å². The van der Waals surface area contributed by atoms with Crippen molar-refractivity contribution >= 4 is 17.4 Å². The molecule has 1 aliphatic rings. The van der Waals surface area contributed by atoms with Crippen molar-refractivity contribution in [2.45, 2.75) is 5.79 Å². The van der Waals surface area contributed by atoms with Gasteiger partial charge in [-0.2, -0.15) is 0 Å². The van der Waals surface area contributed by atoms with E-state index in [1.807, 2.05) is 18.2 Å². The Bertz CT molecular complexity index is 690. The van der Waals surface area contributed by atoms with Crippen molar-refractivity contribution in [3.63, 3.8) is 0 Å². The molecule has 0 aromatic heterocycles. The first-order chi connectivity index (χ1) is 9.64. The first-order valence-corrected chi connectivity index (χ1v) is 6.56. The van der Waals surface area contributed by atoms with Crippen LogP contribution in [-0.2, 0) is 15.3 Å². The van der Waals surface area contributed by atoms with E-state index in [1.54, 1.807) is 38.5 Å². The number of ether oxygens (including phenoxy) is 2. The molecule has 0 heterocycles. The third-order valence-electron chi connectivity index (χ3n) is 3.68. The summed E-state index contributed by atoms with van der Waals surface area (Å²) in [5, 5.41) is 0.512. The number of halogens is 1. The third-order valence-corrected chi connectivity index (χ3v) is 3.92. The predicted octanol–water partition coefficient (Wildman–Crippen LogP) is 3.38. The van der Waals surface area contributed by atoms with Crippen LogP contribution < -0.4 is 0 Å². The fraction of sp³-hybridized carbons (Fsp3) is 0.188. The summed E-state index contributed by atoms with van der Waals surface area (Å²) in [5.74, 6) is -1.15. The minimum atomic E-state index is -1.08. The van der Waals surface area contributed by atoms with Crippen LogP contribution in [0.2, 0.25) is 5.02 Å². The largest absolute Gasteiger partial charge is 0.346 e. The Kier molecular flexibility index (Phi) is 3.13. The number of carbonyl (C=O) groups excluding carboxylic acids is 1. The van der Waals surface area contributed by atoms with Gasteiger partial charge >= 0.3 is 0 Å². The molecule has 3 rings (SSSR count). The molecule has 2 aromatic rings. The van der Waals surface area contributed by atoms with E-state index < -0.39 is 5.79 Å². The molecular weight excluding hydrogens is 276 g/mol. The molecule has 0 fully saturated rings. The van der Waals surface area contributed by atoms with E-state index >= 15 is 0 Å². The zero-order valence-corrected chi connectivity index (χ0v) is 11.9. The average Bonchev–Trinajstić information content (AvgIpc) is 2.49. The minimum absolute atomic E-state index is 0.0668. The number of benzene rings is 2. The van der Waals surface area contributed by atoms with Gasteiger partial charge in [0.25, 0.3) is 0 Å². The van der Waals surface area contributed by atoms with Gasteiger partial charge in [0, 0.05) is 41.5 Å². The summed E-state index contributed by atoms with van der Waals surface area (Å²) < 4.78 is 11.3. The van der Waals surface area contributed by atoms with Crippen molar-refractivity contribution in [3.8, 4) is 0 Å². The molecule has 4 heteroatoms. The Hall–Kier alpha value is -1.68. The summed E-state index contributed by atoms with van der Waals surface area (Å²) in [7, 11) is 3.13. The van der Waals surface area contributed by atoms with Crippen LogP contribution in [0.3, 0.4) is 0 Å². The average molecular weight is 289 g/mol. The lowest BCUT2D eigenvalue weighted by molar-refractivity contribution is -0.184. The standard InChI is InChI=1S/C16H13ClO3/c1-19-16(20-2)13-6-4-3-5-11(13)15(18)12-9-10(17)7-8-14(12)16/h3-9H,1-2H3. The fourth-order valence-corrected chi connectivity index (χ4v) is 2.94. The van der Waals surface area contributed by atoms with Crippen molar-refractivity contribution < 1.29 is 14.3 Å². The SMILES string of the molecule is COC1(OC)c2ccccc2C(=O)c2cc(Cl)ccc21. The first kappa shape index (κ1) is 13.3. The normalized spacial score (nSPS) is 15.7. The van der Waals surface area contributed by atoms with Gasteiger partial charge in [-0.1, -0.05) is 41.9 Å². The molecule has 0 unspecified atom stereocenters. The van der Waals surface area contributed by atoms with E-state index in [0.717, 1.165) is 0 Å². The van der Waals surface area contributed by atoms with Crippen LogP contribution in [-0.4, -0.2) is 20.0 Å². The van der Waals surface area contributed by atoms with Gasteiger partial charge in [-0.3, -0.25) is 4.79 Å². The molecule has 0 saturated heterocycles. The van der Waals surface area contributed by atoms with Crippen LogP contribution in [0.5, 0.6) is 0 Å². The maximum atomic E-state index is 12.6. The second-order valence-corrected chi connectivity index (χ2v) is 5.03. The van der Waals surface area contributed by atoms with Crippen molar-refractivity contribution in [3.05, 3.63) is 69.7 Å². The molecule has 20 heavy (non-hydrogen) atoms. The molecule has 102 valence electrons. The van der Waals surface area contributed by atoms with E-state index in [2.05, 4.69) is 0 Å². The lowest BCUT2D eigenvalue weighted by Gasteiger charge is -2.37. The Balaban J connectivity index is 2.39. The lowest BCUT2D eigenvalue weighted by Crippen LogP contribution is -2.39. The quantitative estimate of drug-likeness (QED) is 0.795. The van der Waals surface area contributed by atoms with Crippen molar-refractivity contribution in [2.24, 2.45) is 0 Å². The highest BCUT2D eigenvalue weighted by Gasteiger charge is 2.44. The zero-order chi connectivity index (χ0) is 14.3. The van der Waals surface area contributed by atoms with E-state index in [4.69, 9.17) is 21.1 Å². The number of hydrogen-bond donors (Lipinski definition) is 0. The van der Waals surface area contributed by atoms with Crippen LogP contribution >= 0.6 is 11.6 Å². The number of rotatable bonds is 2. The molecule has 1 aliphatic carbocycles. The van der Waals surface area contributed by atoms with Gasteiger partial charge in [-0.05, 0) is 12.1 Å². The number of carbonyl (C=O) groups is 1. The Morgan fingerprint density at radius 3 is 2.30 bits per heavy atom. The summed E-state index contributed by atoms with van der Waals surface area (Å²) in [6.45, 7) is 0. The van der Waals surface area contributed by atoms with Gasteiger partial charge < -0.3 is 9.47 Å². The van der Waals surface area contributed by atoms with Crippen molar-refractivity contribution in [1.29, 1.82) is 0 Å². The van der Waals surface area contributed by atoms with Crippen LogP contribution in [0, 0.1) is 0 Å². The zero-order valence-electron chi connectivity index (χ0n) is 11.1. The van der Waals surface area contributed by atoms with Gasteiger partial charge in [-0.25, -0.2) is 0 Å². The monoisotopic (exact) mass is 288 g/mol.